The van der Waals surface area contributed by atoms with Crippen molar-refractivity contribution in [1.82, 2.24) is 4.98 Å². The number of aromatic nitrogens is 1. The van der Waals surface area contributed by atoms with Crippen molar-refractivity contribution in [2.45, 2.75) is 13.8 Å². The lowest BCUT2D eigenvalue weighted by molar-refractivity contribution is -0.139. The average Bonchev–Trinajstić information content (AvgIpc) is 2.26. The number of nitrogens with one attached hydrogen (secondary N) is 1. The molecule has 1 rings (SSSR count). The number of carbonyl (C=O) groups is 1. The SMILES string of the molecule is Cc1cc(OCC(=O)O)c(C)[nH]1. The van der Waals surface area contributed by atoms with Crippen LogP contribution in [0, 0.1) is 13.8 Å². The van der Waals surface area contributed by atoms with Crippen molar-refractivity contribution < 1.29 is 14.6 Å². The minimum Gasteiger partial charge on any atom is -0.480 e. The van der Waals surface area contributed by atoms with Crippen LogP contribution in [-0.2, 0) is 4.79 Å². The first-order valence-corrected chi connectivity index (χ1v) is 3.60. The maximum absolute atomic E-state index is 10.2. The highest BCUT2D eigenvalue weighted by Gasteiger charge is 2.04. The smallest absolute Gasteiger partial charge is 0.341 e. The van der Waals surface area contributed by atoms with E-state index in [0.717, 1.165) is 11.4 Å². The number of hydrogen-bond acceptors (Lipinski definition) is 2. The van der Waals surface area contributed by atoms with Crippen LogP contribution in [0.4, 0.5) is 0 Å². The maximum Gasteiger partial charge on any atom is 0.341 e. The molecule has 0 saturated carbocycles. The molecule has 0 aliphatic rings. The van der Waals surface area contributed by atoms with E-state index in [1.54, 1.807) is 6.07 Å². The normalized spacial score (nSPS) is 9.83. The summed E-state index contributed by atoms with van der Waals surface area (Å²) in [5, 5.41) is 8.34. The van der Waals surface area contributed by atoms with Crippen LogP contribution in [0.1, 0.15) is 11.4 Å². The molecular weight excluding hydrogens is 158 g/mol. The molecule has 66 valence electrons. The number of carboxylic acids is 1. The highest BCUT2D eigenvalue weighted by Crippen LogP contribution is 2.17. The van der Waals surface area contributed by atoms with Crippen LogP contribution in [-0.4, -0.2) is 22.7 Å². The summed E-state index contributed by atoms with van der Waals surface area (Å²) in [6, 6.07) is 1.78. The number of aliphatic carboxylic acids is 1. The summed E-state index contributed by atoms with van der Waals surface area (Å²) in [7, 11) is 0. The molecule has 0 spiro atoms. The molecule has 1 aromatic heterocycles. The number of H-pyrrole nitrogens is 1. The fourth-order valence-electron chi connectivity index (χ4n) is 0.988. The number of aryl methyl sites for hydroxylation is 2. The van der Waals surface area contributed by atoms with Gasteiger partial charge in [0.05, 0.1) is 5.69 Å². The van der Waals surface area contributed by atoms with Crippen LogP contribution in [0.3, 0.4) is 0 Å². The van der Waals surface area contributed by atoms with Crippen molar-refractivity contribution in [3.05, 3.63) is 17.5 Å². The summed E-state index contributed by atoms with van der Waals surface area (Å²) < 4.78 is 4.99. The van der Waals surface area contributed by atoms with Crippen molar-refractivity contribution in [3.63, 3.8) is 0 Å². The molecule has 0 aliphatic carbocycles. The summed E-state index contributed by atoms with van der Waals surface area (Å²) >= 11 is 0. The predicted molar refractivity (Wildman–Crippen MR) is 43.4 cm³/mol. The minimum absolute atomic E-state index is 0.294. The Bertz CT molecular complexity index is 290. The van der Waals surface area contributed by atoms with Gasteiger partial charge in [-0.25, -0.2) is 4.79 Å². The first-order chi connectivity index (χ1) is 5.59. The van der Waals surface area contributed by atoms with Gasteiger partial charge in [-0.05, 0) is 13.8 Å². The van der Waals surface area contributed by atoms with E-state index in [-0.39, 0.29) is 6.61 Å². The molecule has 0 atom stereocenters. The summed E-state index contributed by atoms with van der Waals surface area (Å²) in [4.78, 5) is 13.2. The van der Waals surface area contributed by atoms with Gasteiger partial charge in [-0.2, -0.15) is 0 Å². The number of rotatable bonds is 3. The Morgan fingerprint density at radius 1 is 1.67 bits per heavy atom. The maximum atomic E-state index is 10.2. The topological polar surface area (TPSA) is 62.3 Å². The van der Waals surface area contributed by atoms with Crippen molar-refractivity contribution in [3.8, 4) is 5.75 Å². The Hall–Kier alpha value is -1.45. The van der Waals surface area contributed by atoms with Crippen molar-refractivity contribution in [2.75, 3.05) is 6.61 Å². The van der Waals surface area contributed by atoms with Gasteiger partial charge in [0, 0.05) is 11.8 Å². The molecule has 1 aromatic rings. The molecular formula is C8H11NO3. The Morgan fingerprint density at radius 3 is 2.75 bits per heavy atom. The average molecular weight is 169 g/mol. The lowest BCUT2D eigenvalue weighted by atomic mass is 10.4. The van der Waals surface area contributed by atoms with Crippen LogP contribution in [0.25, 0.3) is 0 Å². The molecule has 1 heterocycles. The van der Waals surface area contributed by atoms with Crippen molar-refractivity contribution in [1.29, 1.82) is 0 Å². The van der Waals surface area contributed by atoms with E-state index in [0.29, 0.717) is 5.75 Å². The molecule has 0 saturated heterocycles. The fraction of sp³-hybridized carbons (Fsp3) is 0.375. The molecule has 0 aliphatic heterocycles. The standard InChI is InChI=1S/C8H11NO3/c1-5-3-7(6(2)9-5)12-4-8(10)11/h3,9H,4H2,1-2H3,(H,10,11). The third kappa shape index (κ3) is 2.02. The first kappa shape index (κ1) is 8.64. The second-order valence-corrected chi connectivity index (χ2v) is 2.62. The van der Waals surface area contributed by atoms with Gasteiger partial charge in [-0.1, -0.05) is 0 Å². The Morgan fingerprint density at radius 2 is 2.33 bits per heavy atom. The molecule has 0 amide bonds. The molecule has 0 fully saturated rings. The van der Waals surface area contributed by atoms with Crippen LogP contribution < -0.4 is 4.74 Å². The van der Waals surface area contributed by atoms with Gasteiger partial charge in [0.25, 0.3) is 0 Å². The van der Waals surface area contributed by atoms with E-state index < -0.39 is 5.97 Å². The third-order valence-corrected chi connectivity index (χ3v) is 1.45. The van der Waals surface area contributed by atoms with Gasteiger partial charge >= 0.3 is 5.97 Å². The number of aromatic amines is 1. The number of ether oxygens (including phenoxy) is 1. The van der Waals surface area contributed by atoms with E-state index in [4.69, 9.17) is 9.84 Å². The molecule has 0 radical (unpaired) electrons. The second-order valence-electron chi connectivity index (χ2n) is 2.62. The van der Waals surface area contributed by atoms with E-state index in [1.807, 2.05) is 13.8 Å². The van der Waals surface area contributed by atoms with E-state index in [2.05, 4.69) is 4.98 Å². The van der Waals surface area contributed by atoms with Crippen LogP contribution in [0.2, 0.25) is 0 Å². The molecule has 0 unspecified atom stereocenters. The summed E-state index contributed by atoms with van der Waals surface area (Å²) in [5.41, 5.74) is 1.82. The van der Waals surface area contributed by atoms with E-state index >= 15 is 0 Å². The number of carboxylic acid groups (broad SMARTS) is 1. The highest BCUT2D eigenvalue weighted by atomic mass is 16.5. The van der Waals surface area contributed by atoms with E-state index in [1.165, 1.54) is 0 Å². The lowest BCUT2D eigenvalue weighted by Crippen LogP contribution is -2.09. The Labute approximate surface area is 70.2 Å². The van der Waals surface area contributed by atoms with Crippen molar-refractivity contribution >= 4 is 5.97 Å². The third-order valence-electron chi connectivity index (χ3n) is 1.45. The van der Waals surface area contributed by atoms with Gasteiger partial charge in [0.1, 0.15) is 5.75 Å². The molecule has 0 bridgehead atoms. The lowest BCUT2D eigenvalue weighted by Gasteiger charge is -1.99. The van der Waals surface area contributed by atoms with Crippen LogP contribution in [0.15, 0.2) is 6.07 Å². The summed E-state index contributed by atoms with van der Waals surface area (Å²) in [6.45, 7) is 3.43. The van der Waals surface area contributed by atoms with Crippen LogP contribution in [0.5, 0.6) is 5.75 Å². The van der Waals surface area contributed by atoms with Gasteiger partial charge < -0.3 is 14.8 Å². The minimum atomic E-state index is -0.965. The van der Waals surface area contributed by atoms with E-state index in [9.17, 15) is 4.79 Å². The van der Waals surface area contributed by atoms with Gasteiger partial charge in [0.2, 0.25) is 0 Å². The zero-order valence-corrected chi connectivity index (χ0v) is 7.05. The van der Waals surface area contributed by atoms with Crippen LogP contribution >= 0.6 is 0 Å². The first-order valence-electron chi connectivity index (χ1n) is 3.60. The predicted octanol–water partition coefficient (Wildman–Crippen LogP) is 1.09. The summed E-state index contributed by atoms with van der Waals surface area (Å²) in [6.07, 6.45) is 0. The zero-order valence-electron chi connectivity index (χ0n) is 7.05. The summed E-state index contributed by atoms with van der Waals surface area (Å²) in [5.74, 6) is -0.358. The van der Waals surface area contributed by atoms with Crippen molar-refractivity contribution in [2.24, 2.45) is 0 Å². The van der Waals surface area contributed by atoms with Gasteiger partial charge in [-0.15, -0.1) is 0 Å². The molecule has 0 aromatic carbocycles. The van der Waals surface area contributed by atoms with Gasteiger partial charge in [-0.3, -0.25) is 0 Å². The molecule has 4 heteroatoms. The molecule has 4 nitrogen and oxygen atoms in total. The fourth-order valence-corrected chi connectivity index (χ4v) is 0.988. The largest absolute Gasteiger partial charge is 0.480 e. The quantitative estimate of drug-likeness (QED) is 0.712. The Balaban J connectivity index is 2.62. The molecule has 12 heavy (non-hydrogen) atoms. The monoisotopic (exact) mass is 169 g/mol. The Kier molecular flexibility index (Phi) is 2.38. The zero-order chi connectivity index (χ0) is 9.14. The number of hydrogen-bond donors (Lipinski definition) is 2. The highest BCUT2D eigenvalue weighted by molar-refractivity contribution is 5.68. The van der Waals surface area contributed by atoms with Gasteiger partial charge in [0.15, 0.2) is 6.61 Å². The molecule has 2 N–H and O–H groups in total. The second kappa shape index (κ2) is 3.30.